The van der Waals surface area contributed by atoms with Crippen LogP contribution in [0.4, 0.5) is 10.2 Å². The largest absolute Gasteiger partial charge is 0.365 e. The van der Waals surface area contributed by atoms with E-state index in [-0.39, 0.29) is 23.1 Å². The van der Waals surface area contributed by atoms with Gasteiger partial charge in [-0.05, 0) is 36.2 Å². The zero-order chi connectivity index (χ0) is 17.1. The molecule has 2 amide bonds. The number of carbonyl (C=O) groups is 2. The van der Waals surface area contributed by atoms with Crippen LogP contribution in [-0.2, 0) is 11.2 Å². The lowest BCUT2D eigenvalue weighted by molar-refractivity contribution is -0.116. The van der Waals surface area contributed by atoms with Gasteiger partial charge in [-0.1, -0.05) is 12.1 Å². The Morgan fingerprint density at radius 2 is 2.00 bits per heavy atom. The molecule has 0 atom stereocenters. The van der Waals surface area contributed by atoms with Gasteiger partial charge in [-0.15, -0.1) is 0 Å². The van der Waals surface area contributed by atoms with E-state index in [2.05, 4.69) is 4.98 Å². The lowest BCUT2D eigenvalue weighted by Gasteiger charge is -2.19. The van der Waals surface area contributed by atoms with Crippen LogP contribution in [0.2, 0.25) is 0 Å². The van der Waals surface area contributed by atoms with Crippen LogP contribution in [0, 0.1) is 12.7 Å². The second-order valence-corrected chi connectivity index (χ2v) is 5.38. The molecule has 0 aliphatic rings. The molecule has 23 heavy (non-hydrogen) atoms. The number of amides is 2. The van der Waals surface area contributed by atoms with Crippen molar-refractivity contribution < 1.29 is 14.0 Å². The van der Waals surface area contributed by atoms with Gasteiger partial charge >= 0.3 is 0 Å². The van der Waals surface area contributed by atoms with Gasteiger partial charge in [-0.2, -0.15) is 0 Å². The molecule has 1 aromatic heterocycles. The monoisotopic (exact) mass is 315 g/mol. The Kier molecular flexibility index (Phi) is 4.74. The van der Waals surface area contributed by atoms with Gasteiger partial charge < -0.3 is 5.73 Å². The molecule has 0 bridgehead atoms. The third kappa shape index (κ3) is 3.71. The number of halogens is 1. The number of aryl methyl sites for hydroxylation is 1. The molecule has 2 aromatic rings. The molecule has 0 aliphatic carbocycles. The number of carbonyl (C=O) groups excluding carboxylic acids is 2. The Balaban J connectivity index is 2.50. The summed E-state index contributed by atoms with van der Waals surface area (Å²) in [6.07, 6.45) is 0.385. The van der Waals surface area contributed by atoms with Crippen molar-refractivity contribution >= 4 is 17.6 Å². The zero-order valence-corrected chi connectivity index (χ0v) is 13.3. The molecule has 0 aliphatic heterocycles. The Labute approximate surface area is 133 Å². The van der Waals surface area contributed by atoms with Crippen LogP contribution in [0.25, 0.3) is 0 Å². The first-order chi connectivity index (χ1) is 10.8. The highest BCUT2D eigenvalue weighted by Crippen LogP contribution is 2.23. The van der Waals surface area contributed by atoms with E-state index in [0.717, 1.165) is 5.56 Å². The van der Waals surface area contributed by atoms with Gasteiger partial charge in [-0.3, -0.25) is 14.5 Å². The van der Waals surface area contributed by atoms with E-state index < -0.39 is 5.91 Å². The van der Waals surface area contributed by atoms with Crippen molar-refractivity contribution in [3.05, 3.63) is 58.5 Å². The summed E-state index contributed by atoms with van der Waals surface area (Å²) in [6, 6.07) is 7.93. The summed E-state index contributed by atoms with van der Waals surface area (Å²) in [6.45, 7) is 3.11. The van der Waals surface area contributed by atoms with Crippen molar-refractivity contribution in [1.82, 2.24) is 4.98 Å². The van der Waals surface area contributed by atoms with Crippen LogP contribution < -0.4 is 10.6 Å². The highest BCUT2D eigenvalue weighted by atomic mass is 19.1. The van der Waals surface area contributed by atoms with Crippen molar-refractivity contribution in [2.24, 2.45) is 5.73 Å². The second-order valence-electron chi connectivity index (χ2n) is 5.38. The topological polar surface area (TPSA) is 76.3 Å². The molecule has 1 aromatic carbocycles. The number of nitrogens with two attached hydrogens (primary N) is 1. The summed E-state index contributed by atoms with van der Waals surface area (Å²) in [4.78, 5) is 29.0. The maximum atomic E-state index is 13.3. The molecule has 120 valence electrons. The number of benzene rings is 1. The minimum atomic E-state index is -0.643. The van der Waals surface area contributed by atoms with Gasteiger partial charge in [-0.25, -0.2) is 9.37 Å². The number of aromatic nitrogens is 1. The maximum absolute atomic E-state index is 13.3. The molecule has 6 heteroatoms. The van der Waals surface area contributed by atoms with Crippen LogP contribution >= 0.6 is 0 Å². The second kappa shape index (κ2) is 6.56. The van der Waals surface area contributed by atoms with Gasteiger partial charge in [0.2, 0.25) is 5.91 Å². The van der Waals surface area contributed by atoms with Crippen molar-refractivity contribution in [2.75, 3.05) is 11.9 Å². The third-order valence-corrected chi connectivity index (χ3v) is 3.56. The molecule has 0 saturated carbocycles. The number of rotatable bonds is 4. The van der Waals surface area contributed by atoms with Crippen molar-refractivity contribution in [3.8, 4) is 0 Å². The number of primary amides is 1. The fraction of sp³-hybridized carbons (Fsp3) is 0.235. The van der Waals surface area contributed by atoms with Crippen LogP contribution in [0.1, 0.15) is 34.1 Å². The Hall–Kier alpha value is -2.76. The zero-order valence-electron chi connectivity index (χ0n) is 13.3. The Bertz CT molecular complexity index is 774. The molecule has 2 rings (SSSR count). The highest BCUT2D eigenvalue weighted by molar-refractivity contribution is 6.03. The van der Waals surface area contributed by atoms with Gasteiger partial charge in [0.15, 0.2) is 0 Å². The summed E-state index contributed by atoms with van der Waals surface area (Å²) in [5.74, 6) is -1.01. The van der Waals surface area contributed by atoms with E-state index in [1.54, 1.807) is 25.1 Å². The van der Waals surface area contributed by atoms with Crippen molar-refractivity contribution in [2.45, 2.75) is 20.3 Å². The summed E-state index contributed by atoms with van der Waals surface area (Å²) in [7, 11) is 1.53. The predicted octanol–water partition coefficient (Wildman–Crippen LogP) is 2.20. The standard InChI is InChI=1S/C17H18FN3O2/c1-10-7-14(9-12-5-4-6-13(18)8-12)20-17(15(10)16(19)23)21(3)11(2)22/h4-8H,9H2,1-3H3,(H2,19,23). The number of hydrogen-bond acceptors (Lipinski definition) is 3. The fourth-order valence-electron chi connectivity index (χ4n) is 2.37. The third-order valence-electron chi connectivity index (χ3n) is 3.56. The summed E-state index contributed by atoms with van der Waals surface area (Å²) < 4.78 is 13.3. The van der Waals surface area contributed by atoms with E-state index in [1.807, 2.05) is 0 Å². The average Bonchev–Trinajstić information content (AvgIpc) is 2.45. The molecule has 0 fully saturated rings. The van der Waals surface area contributed by atoms with E-state index in [4.69, 9.17) is 5.73 Å². The Morgan fingerprint density at radius 1 is 1.30 bits per heavy atom. The molecule has 5 nitrogen and oxygen atoms in total. The summed E-state index contributed by atoms with van der Waals surface area (Å²) in [5.41, 5.74) is 7.63. The maximum Gasteiger partial charge on any atom is 0.252 e. The number of pyridine rings is 1. The van der Waals surface area contributed by atoms with E-state index >= 15 is 0 Å². The van der Waals surface area contributed by atoms with E-state index in [1.165, 1.54) is 31.0 Å². The fourth-order valence-corrected chi connectivity index (χ4v) is 2.37. The van der Waals surface area contributed by atoms with Gasteiger partial charge in [0, 0.05) is 26.1 Å². The van der Waals surface area contributed by atoms with Gasteiger partial charge in [0.1, 0.15) is 11.6 Å². The number of anilines is 1. The number of hydrogen-bond donors (Lipinski definition) is 1. The summed E-state index contributed by atoms with van der Waals surface area (Å²) >= 11 is 0. The normalized spacial score (nSPS) is 10.4. The van der Waals surface area contributed by atoms with Gasteiger partial charge in [0.05, 0.1) is 5.56 Å². The number of nitrogens with zero attached hydrogens (tertiary/aromatic N) is 2. The average molecular weight is 315 g/mol. The minimum absolute atomic E-state index is 0.214. The SMILES string of the molecule is CC(=O)N(C)c1nc(Cc2cccc(F)c2)cc(C)c1C(N)=O. The van der Waals surface area contributed by atoms with Crippen LogP contribution in [0.15, 0.2) is 30.3 Å². The first-order valence-electron chi connectivity index (χ1n) is 7.08. The van der Waals surface area contributed by atoms with Crippen LogP contribution in [-0.4, -0.2) is 23.8 Å². The van der Waals surface area contributed by atoms with Gasteiger partial charge in [0.25, 0.3) is 5.91 Å². The molecule has 0 unspecified atom stereocenters. The van der Waals surface area contributed by atoms with Crippen molar-refractivity contribution in [3.63, 3.8) is 0 Å². The predicted molar refractivity (Wildman–Crippen MR) is 85.8 cm³/mol. The molecule has 0 saturated heterocycles. The molecular weight excluding hydrogens is 297 g/mol. The van der Waals surface area contributed by atoms with E-state index in [9.17, 15) is 14.0 Å². The lowest BCUT2D eigenvalue weighted by atomic mass is 10.0. The first-order valence-corrected chi connectivity index (χ1v) is 7.08. The molecule has 0 radical (unpaired) electrons. The summed E-state index contributed by atoms with van der Waals surface area (Å²) in [5, 5.41) is 0. The first kappa shape index (κ1) is 16.6. The lowest BCUT2D eigenvalue weighted by Crippen LogP contribution is -2.28. The quantitative estimate of drug-likeness (QED) is 0.939. The molecule has 0 spiro atoms. The van der Waals surface area contributed by atoms with Crippen LogP contribution in [0.5, 0.6) is 0 Å². The van der Waals surface area contributed by atoms with E-state index in [0.29, 0.717) is 17.7 Å². The molecular formula is C17H18FN3O2. The Morgan fingerprint density at radius 3 is 2.57 bits per heavy atom. The smallest absolute Gasteiger partial charge is 0.252 e. The minimum Gasteiger partial charge on any atom is -0.365 e. The van der Waals surface area contributed by atoms with Crippen molar-refractivity contribution in [1.29, 1.82) is 0 Å². The highest BCUT2D eigenvalue weighted by Gasteiger charge is 2.20. The van der Waals surface area contributed by atoms with Crippen LogP contribution in [0.3, 0.4) is 0 Å². The molecule has 1 heterocycles. The molecule has 2 N–H and O–H groups in total.